The Morgan fingerprint density at radius 1 is 1.46 bits per heavy atom. The van der Waals surface area contributed by atoms with Gasteiger partial charge in [0.2, 0.25) is 0 Å². The predicted octanol–water partition coefficient (Wildman–Crippen LogP) is 2.64. The molecule has 0 radical (unpaired) electrons. The lowest BCUT2D eigenvalue weighted by Crippen LogP contribution is -1.86. The van der Waals surface area contributed by atoms with Crippen LogP contribution in [0, 0.1) is 5.82 Å². The van der Waals surface area contributed by atoms with E-state index in [9.17, 15) is 4.39 Å². The van der Waals surface area contributed by atoms with Crippen LogP contribution in [0.15, 0.2) is 18.2 Å². The molecule has 68 valence electrons. The van der Waals surface area contributed by atoms with E-state index >= 15 is 0 Å². The van der Waals surface area contributed by atoms with Gasteiger partial charge in [0.25, 0.3) is 0 Å². The summed E-state index contributed by atoms with van der Waals surface area (Å²) in [5.41, 5.74) is 1.80. The number of rotatable bonds is 2. The van der Waals surface area contributed by atoms with E-state index in [4.69, 9.17) is 0 Å². The molecule has 2 aromatic rings. The number of halogens is 2. The van der Waals surface area contributed by atoms with Crippen molar-refractivity contribution in [3.63, 3.8) is 0 Å². The number of alkyl halides is 1. The molecule has 0 saturated carbocycles. The Hall–Kier alpha value is -0.900. The molecular formula is C9H8BrFN2. The minimum Gasteiger partial charge on any atom is -0.281 e. The van der Waals surface area contributed by atoms with Crippen molar-refractivity contribution in [1.29, 1.82) is 0 Å². The first kappa shape index (κ1) is 8.69. The fraction of sp³-hybridized carbons (Fsp3) is 0.222. The third-order valence-electron chi connectivity index (χ3n) is 1.94. The van der Waals surface area contributed by atoms with Gasteiger partial charge in [-0.05, 0) is 24.6 Å². The van der Waals surface area contributed by atoms with Gasteiger partial charge in [-0.3, -0.25) is 5.10 Å². The fourth-order valence-corrected chi connectivity index (χ4v) is 1.72. The van der Waals surface area contributed by atoms with Crippen LogP contribution in [0.2, 0.25) is 0 Å². The maximum absolute atomic E-state index is 12.9. The van der Waals surface area contributed by atoms with Crippen molar-refractivity contribution in [2.75, 3.05) is 5.33 Å². The number of nitrogens with one attached hydrogen (secondary N) is 1. The van der Waals surface area contributed by atoms with Crippen LogP contribution in [-0.2, 0) is 6.42 Å². The van der Waals surface area contributed by atoms with Crippen LogP contribution < -0.4 is 0 Å². The predicted molar refractivity (Wildman–Crippen MR) is 53.5 cm³/mol. The lowest BCUT2D eigenvalue weighted by molar-refractivity contribution is 0.629. The number of aromatic amines is 1. The lowest BCUT2D eigenvalue weighted by Gasteiger charge is -1.93. The lowest BCUT2D eigenvalue weighted by atomic mass is 10.2. The van der Waals surface area contributed by atoms with Gasteiger partial charge in [0, 0.05) is 16.4 Å². The van der Waals surface area contributed by atoms with Crippen molar-refractivity contribution in [2.24, 2.45) is 0 Å². The van der Waals surface area contributed by atoms with Gasteiger partial charge in [0.1, 0.15) is 5.82 Å². The molecule has 0 spiro atoms. The number of aromatic nitrogens is 2. The van der Waals surface area contributed by atoms with Gasteiger partial charge < -0.3 is 0 Å². The van der Waals surface area contributed by atoms with Gasteiger partial charge in [0.15, 0.2) is 0 Å². The van der Waals surface area contributed by atoms with E-state index in [2.05, 4.69) is 26.1 Å². The van der Waals surface area contributed by atoms with Crippen molar-refractivity contribution >= 4 is 26.8 Å². The molecule has 0 aliphatic heterocycles. The summed E-state index contributed by atoms with van der Waals surface area (Å²) >= 11 is 3.33. The smallest absolute Gasteiger partial charge is 0.124 e. The van der Waals surface area contributed by atoms with E-state index in [0.29, 0.717) is 0 Å². The molecule has 4 heteroatoms. The molecule has 1 aromatic carbocycles. The number of hydrogen-bond donors (Lipinski definition) is 1. The molecule has 1 aromatic heterocycles. The normalized spacial score (nSPS) is 10.9. The summed E-state index contributed by atoms with van der Waals surface area (Å²) in [7, 11) is 0. The molecular weight excluding hydrogens is 235 g/mol. The van der Waals surface area contributed by atoms with Crippen molar-refractivity contribution in [1.82, 2.24) is 10.2 Å². The van der Waals surface area contributed by atoms with Gasteiger partial charge in [-0.2, -0.15) is 5.10 Å². The van der Waals surface area contributed by atoms with Crippen molar-refractivity contribution in [2.45, 2.75) is 6.42 Å². The maximum Gasteiger partial charge on any atom is 0.124 e. The highest BCUT2D eigenvalue weighted by Gasteiger charge is 2.04. The average Bonchev–Trinajstić information content (AvgIpc) is 2.49. The van der Waals surface area contributed by atoms with Crippen LogP contribution in [0.1, 0.15) is 5.69 Å². The number of aryl methyl sites for hydroxylation is 1. The summed E-state index contributed by atoms with van der Waals surface area (Å²) in [5.74, 6) is -0.218. The Balaban J connectivity index is 2.58. The first-order valence-corrected chi connectivity index (χ1v) is 5.12. The van der Waals surface area contributed by atoms with Crippen LogP contribution in [0.3, 0.4) is 0 Å². The van der Waals surface area contributed by atoms with E-state index in [1.165, 1.54) is 12.1 Å². The van der Waals surface area contributed by atoms with Gasteiger partial charge in [-0.25, -0.2) is 4.39 Å². The van der Waals surface area contributed by atoms with E-state index in [-0.39, 0.29) is 5.82 Å². The number of nitrogens with zero attached hydrogens (tertiary/aromatic N) is 1. The molecule has 0 fully saturated rings. The molecule has 0 unspecified atom stereocenters. The summed E-state index contributed by atoms with van der Waals surface area (Å²) in [5, 5.41) is 8.68. The molecule has 0 saturated heterocycles. The molecule has 13 heavy (non-hydrogen) atoms. The van der Waals surface area contributed by atoms with Crippen molar-refractivity contribution in [3.8, 4) is 0 Å². The first-order valence-electron chi connectivity index (χ1n) is 4.00. The summed E-state index contributed by atoms with van der Waals surface area (Å²) in [6.45, 7) is 0. The molecule has 0 aliphatic rings. The molecule has 1 N–H and O–H groups in total. The largest absolute Gasteiger partial charge is 0.281 e. The molecule has 0 bridgehead atoms. The molecule has 0 amide bonds. The highest BCUT2D eigenvalue weighted by molar-refractivity contribution is 9.09. The minimum absolute atomic E-state index is 0.218. The second-order valence-corrected chi connectivity index (χ2v) is 3.60. The molecule has 0 atom stereocenters. The summed E-state index contributed by atoms with van der Waals surface area (Å²) in [4.78, 5) is 0. The molecule has 2 nitrogen and oxygen atoms in total. The molecule has 0 aliphatic carbocycles. The average molecular weight is 243 g/mol. The first-order chi connectivity index (χ1) is 6.31. The van der Waals surface area contributed by atoms with E-state index in [0.717, 1.165) is 28.3 Å². The Morgan fingerprint density at radius 3 is 3.08 bits per heavy atom. The topological polar surface area (TPSA) is 28.7 Å². The number of H-pyrrole nitrogens is 1. The van der Waals surface area contributed by atoms with Crippen LogP contribution in [0.25, 0.3) is 10.9 Å². The van der Waals surface area contributed by atoms with Crippen LogP contribution >= 0.6 is 15.9 Å². The monoisotopic (exact) mass is 242 g/mol. The summed E-state index contributed by atoms with van der Waals surface area (Å²) in [6.07, 6.45) is 0.833. The van der Waals surface area contributed by atoms with E-state index in [1.807, 2.05) is 0 Å². The quantitative estimate of drug-likeness (QED) is 0.807. The van der Waals surface area contributed by atoms with Crippen molar-refractivity contribution in [3.05, 3.63) is 29.7 Å². The van der Waals surface area contributed by atoms with Gasteiger partial charge in [-0.1, -0.05) is 15.9 Å². The minimum atomic E-state index is -0.218. The highest BCUT2D eigenvalue weighted by Crippen LogP contribution is 2.17. The van der Waals surface area contributed by atoms with Crippen LogP contribution in [0.4, 0.5) is 4.39 Å². The zero-order valence-corrected chi connectivity index (χ0v) is 8.44. The van der Waals surface area contributed by atoms with Crippen molar-refractivity contribution < 1.29 is 4.39 Å². The van der Waals surface area contributed by atoms with E-state index < -0.39 is 0 Å². The standard InChI is InChI=1S/C9H8BrFN2/c10-4-3-9-7-5-6(11)1-2-8(7)12-13-9/h1-2,5H,3-4H2,(H,12,13). The highest BCUT2D eigenvalue weighted by atomic mass is 79.9. The number of fused-ring (bicyclic) bond motifs is 1. The van der Waals surface area contributed by atoms with Gasteiger partial charge >= 0.3 is 0 Å². The summed E-state index contributed by atoms with van der Waals surface area (Å²) in [6, 6.07) is 4.61. The fourth-order valence-electron chi connectivity index (χ4n) is 1.32. The maximum atomic E-state index is 12.9. The third-order valence-corrected chi connectivity index (χ3v) is 2.34. The number of hydrogen-bond acceptors (Lipinski definition) is 1. The van der Waals surface area contributed by atoms with Crippen LogP contribution in [-0.4, -0.2) is 15.5 Å². The second kappa shape index (κ2) is 3.46. The second-order valence-electron chi connectivity index (χ2n) is 2.80. The Labute approximate surface area is 83.3 Å². The van der Waals surface area contributed by atoms with Crippen LogP contribution in [0.5, 0.6) is 0 Å². The molecule has 2 rings (SSSR count). The Bertz CT molecular complexity index is 424. The van der Waals surface area contributed by atoms with Gasteiger partial charge in [-0.15, -0.1) is 0 Å². The Morgan fingerprint density at radius 2 is 2.31 bits per heavy atom. The molecule has 1 heterocycles. The van der Waals surface area contributed by atoms with Gasteiger partial charge in [0.05, 0.1) is 5.52 Å². The zero-order chi connectivity index (χ0) is 9.26. The zero-order valence-electron chi connectivity index (χ0n) is 6.85. The SMILES string of the molecule is Fc1ccc2n[nH]c(CCBr)c2c1. The summed E-state index contributed by atoms with van der Waals surface area (Å²) < 4.78 is 12.9. The third kappa shape index (κ3) is 1.58. The van der Waals surface area contributed by atoms with E-state index in [1.54, 1.807) is 6.07 Å². The Kier molecular flexibility index (Phi) is 2.31. The number of benzene rings is 1.